The predicted molar refractivity (Wildman–Crippen MR) is 143 cm³/mol. The summed E-state index contributed by atoms with van der Waals surface area (Å²) in [7, 11) is 0. The van der Waals surface area contributed by atoms with E-state index in [1.807, 2.05) is 60.7 Å². The van der Waals surface area contributed by atoms with Crippen LogP contribution < -0.4 is 45.9 Å². The quantitative estimate of drug-likeness (QED) is 0.212. The van der Waals surface area contributed by atoms with Crippen LogP contribution in [0.5, 0.6) is 0 Å². The van der Waals surface area contributed by atoms with Gasteiger partial charge in [-0.2, -0.15) is 0 Å². The van der Waals surface area contributed by atoms with Gasteiger partial charge in [-0.25, -0.2) is 0 Å². The van der Waals surface area contributed by atoms with Gasteiger partial charge in [0.2, 0.25) is 0 Å². The van der Waals surface area contributed by atoms with Crippen molar-refractivity contribution >= 4 is 45.5 Å². The number of benzene rings is 4. The van der Waals surface area contributed by atoms with E-state index in [-0.39, 0.29) is 5.48 Å². The number of rotatable bonds is 2. The van der Waals surface area contributed by atoms with Gasteiger partial charge in [0.05, 0.1) is 45.5 Å². The van der Waals surface area contributed by atoms with Gasteiger partial charge >= 0.3 is 0 Å². The van der Waals surface area contributed by atoms with E-state index in [1.165, 1.54) is 0 Å². The molecule has 0 atom stereocenters. The molecule has 0 heterocycles. The minimum atomic E-state index is 0. The van der Waals surface area contributed by atoms with Gasteiger partial charge in [-0.05, 0) is 23.3 Å². The molecule has 0 spiro atoms. The van der Waals surface area contributed by atoms with Crippen molar-refractivity contribution in [3.63, 3.8) is 0 Å². The highest BCUT2D eigenvalue weighted by Crippen LogP contribution is 2.38. The molecule has 33 heavy (non-hydrogen) atoms. The zero-order valence-corrected chi connectivity index (χ0v) is 18.0. The Morgan fingerprint density at radius 1 is 0.364 bits per heavy atom. The SMILES string of the molecule is Nc1cc(-c2ccccc2)c(N)c(N)c1N.Nc1cc(-c2ccccc2)c(N)c(N)c1N.O. The molecule has 4 rings (SSSR count). The average Bonchev–Trinajstić information content (AvgIpc) is 2.82. The third-order valence-electron chi connectivity index (χ3n) is 5.13. The fourth-order valence-corrected chi connectivity index (χ4v) is 3.23. The van der Waals surface area contributed by atoms with Crippen LogP contribution in [0.15, 0.2) is 72.8 Å². The van der Waals surface area contributed by atoms with E-state index in [1.54, 1.807) is 12.1 Å². The van der Waals surface area contributed by atoms with Crippen molar-refractivity contribution in [2.75, 3.05) is 45.9 Å². The van der Waals surface area contributed by atoms with Gasteiger partial charge in [0, 0.05) is 11.1 Å². The molecule has 0 aromatic heterocycles. The molecule has 0 saturated heterocycles. The van der Waals surface area contributed by atoms with Gasteiger partial charge < -0.3 is 51.3 Å². The first-order valence-corrected chi connectivity index (χ1v) is 9.79. The summed E-state index contributed by atoms with van der Waals surface area (Å²) in [5.74, 6) is 0. The van der Waals surface area contributed by atoms with E-state index in [4.69, 9.17) is 45.9 Å². The second-order valence-electron chi connectivity index (χ2n) is 7.24. The molecule has 0 unspecified atom stereocenters. The zero-order valence-electron chi connectivity index (χ0n) is 18.0. The lowest BCUT2D eigenvalue weighted by Crippen LogP contribution is -2.05. The fraction of sp³-hybridized carbons (Fsp3) is 0. The molecular formula is C24H30N8O. The van der Waals surface area contributed by atoms with Crippen LogP contribution in [0.4, 0.5) is 45.5 Å². The summed E-state index contributed by atoms with van der Waals surface area (Å²) in [6.07, 6.45) is 0. The standard InChI is InChI=1S/2C12H14N4.H2O/c2*13-9-6-8(7-4-2-1-3-5-7)10(14)12(16)11(9)15;/h2*1-6H,13-16H2;1H2. The third kappa shape index (κ3) is 4.94. The fourth-order valence-electron chi connectivity index (χ4n) is 3.23. The van der Waals surface area contributed by atoms with Crippen molar-refractivity contribution in [3.8, 4) is 22.3 Å². The van der Waals surface area contributed by atoms with E-state index < -0.39 is 0 Å². The van der Waals surface area contributed by atoms with Crippen LogP contribution in [-0.2, 0) is 0 Å². The summed E-state index contributed by atoms with van der Waals surface area (Å²) in [4.78, 5) is 0. The first kappa shape index (κ1) is 24.5. The predicted octanol–water partition coefficient (Wildman–Crippen LogP) is 2.54. The van der Waals surface area contributed by atoms with Gasteiger partial charge in [0.25, 0.3) is 0 Å². The van der Waals surface area contributed by atoms with E-state index in [9.17, 15) is 0 Å². The molecular weight excluding hydrogens is 416 g/mol. The Morgan fingerprint density at radius 2 is 0.667 bits per heavy atom. The monoisotopic (exact) mass is 446 g/mol. The molecule has 0 aliphatic carbocycles. The minimum Gasteiger partial charge on any atom is -0.412 e. The molecule has 0 saturated carbocycles. The van der Waals surface area contributed by atoms with Gasteiger partial charge in [-0.3, -0.25) is 0 Å². The summed E-state index contributed by atoms with van der Waals surface area (Å²) in [5.41, 5.74) is 53.1. The van der Waals surface area contributed by atoms with Gasteiger partial charge in [-0.15, -0.1) is 0 Å². The number of hydrogen-bond acceptors (Lipinski definition) is 8. The Hall–Kier alpha value is -4.76. The molecule has 4 aromatic rings. The topological polar surface area (TPSA) is 240 Å². The summed E-state index contributed by atoms with van der Waals surface area (Å²) < 4.78 is 0. The third-order valence-corrected chi connectivity index (χ3v) is 5.13. The Bertz CT molecular complexity index is 1150. The van der Waals surface area contributed by atoms with Crippen molar-refractivity contribution in [2.45, 2.75) is 0 Å². The Morgan fingerprint density at radius 3 is 0.970 bits per heavy atom. The first-order valence-electron chi connectivity index (χ1n) is 9.79. The Labute approximate surface area is 192 Å². The normalized spacial score (nSPS) is 9.94. The molecule has 9 nitrogen and oxygen atoms in total. The van der Waals surface area contributed by atoms with Crippen LogP contribution >= 0.6 is 0 Å². The van der Waals surface area contributed by atoms with Crippen LogP contribution in [0.1, 0.15) is 0 Å². The Balaban J connectivity index is 0.000000227. The number of hydrogen-bond donors (Lipinski definition) is 8. The lowest BCUT2D eigenvalue weighted by atomic mass is 10.0. The van der Waals surface area contributed by atoms with Crippen LogP contribution in [0.3, 0.4) is 0 Å². The van der Waals surface area contributed by atoms with Crippen LogP contribution in [0, 0.1) is 0 Å². The largest absolute Gasteiger partial charge is 0.412 e. The smallest absolute Gasteiger partial charge is 0.0809 e. The summed E-state index contributed by atoms with van der Waals surface area (Å²) in [5, 5.41) is 0. The van der Waals surface area contributed by atoms with E-state index >= 15 is 0 Å². The summed E-state index contributed by atoms with van der Waals surface area (Å²) >= 11 is 0. The molecule has 172 valence electrons. The zero-order chi connectivity index (χ0) is 23.4. The maximum atomic E-state index is 5.92. The maximum absolute atomic E-state index is 5.92. The van der Waals surface area contributed by atoms with Gasteiger partial charge in [0.1, 0.15) is 0 Å². The van der Waals surface area contributed by atoms with Gasteiger partial charge in [-0.1, -0.05) is 60.7 Å². The molecule has 18 N–H and O–H groups in total. The van der Waals surface area contributed by atoms with Crippen molar-refractivity contribution in [1.82, 2.24) is 0 Å². The van der Waals surface area contributed by atoms with Crippen molar-refractivity contribution in [2.24, 2.45) is 0 Å². The molecule has 0 radical (unpaired) electrons. The molecule has 0 aliphatic heterocycles. The van der Waals surface area contributed by atoms with E-state index in [2.05, 4.69) is 0 Å². The second-order valence-corrected chi connectivity index (χ2v) is 7.24. The molecule has 9 heteroatoms. The molecule has 0 amide bonds. The number of nitrogens with two attached hydrogens (primary N) is 8. The summed E-state index contributed by atoms with van der Waals surface area (Å²) in [6, 6.07) is 22.9. The molecule has 4 aromatic carbocycles. The number of anilines is 8. The number of nitrogen functional groups attached to an aromatic ring is 8. The highest BCUT2D eigenvalue weighted by Gasteiger charge is 2.12. The lowest BCUT2D eigenvalue weighted by molar-refractivity contribution is 0.824. The lowest BCUT2D eigenvalue weighted by Gasteiger charge is -2.13. The van der Waals surface area contributed by atoms with Crippen LogP contribution in [0.2, 0.25) is 0 Å². The van der Waals surface area contributed by atoms with Crippen molar-refractivity contribution < 1.29 is 5.48 Å². The van der Waals surface area contributed by atoms with Crippen molar-refractivity contribution in [3.05, 3.63) is 72.8 Å². The minimum absolute atomic E-state index is 0. The molecule has 0 fully saturated rings. The van der Waals surface area contributed by atoms with Gasteiger partial charge in [0.15, 0.2) is 0 Å². The van der Waals surface area contributed by atoms with Crippen LogP contribution in [0.25, 0.3) is 22.3 Å². The molecule has 0 aliphatic rings. The highest BCUT2D eigenvalue weighted by molar-refractivity contribution is 5.97. The first-order chi connectivity index (χ1) is 15.2. The average molecular weight is 447 g/mol. The van der Waals surface area contributed by atoms with Crippen LogP contribution in [-0.4, -0.2) is 5.48 Å². The summed E-state index contributed by atoms with van der Waals surface area (Å²) in [6.45, 7) is 0. The maximum Gasteiger partial charge on any atom is 0.0809 e. The van der Waals surface area contributed by atoms with E-state index in [0.717, 1.165) is 22.3 Å². The van der Waals surface area contributed by atoms with Crippen molar-refractivity contribution in [1.29, 1.82) is 0 Å². The second kappa shape index (κ2) is 10.0. The molecule has 0 bridgehead atoms. The Kier molecular flexibility index (Phi) is 7.45. The van der Waals surface area contributed by atoms with E-state index in [0.29, 0.717) is 45.5 Å². The highest BCUT2D eigenvalue weighted by atomic mass is 16.0.